The van der Waals surface area contributed by atoms with E-state index in [9.17, 15) is 33.3 Å². The molecular formula is C28H23N5O8S. The van der Waals surface area contributed by atoms with Gasteiger partial charge >= 0.3 is 11.9 Å². The fourth-order valence-corrected chi connectivity index (χ4v) is 5.36. The zero-order valence-electron chi connectivity index (χ0n) is 22.2. The van der Waals surface area contributed by atoms with E-state index in [4.69, 9.17) is 15.2 Å². The Labute approximate surface area is 240 Å². The molecule has 0 bridgehead atoms. The minimum atomic E-state index is -4.41. The van der Waals surface area contributed by atoms with Crippen LogP contribution in [0.2, 0.25) is 0 Å². The van der Waals surface area contributed by atoms with Gasteiger partial charge in [0.05, 0.1) is 42.2 Å². The van der Waals surface area contributed by atoms with Gasteiger partial charge in [0, 0.05) is 11.8 Å². The average Bonchev–Trinajstić information content (AvgIpc) is 2.99. The molecule has 0 saturated heterocycles. The van der Waals surface area contributed by atoms with Crippen LogP contribution in [0.3, 0.4) is 0 Å². The van der Waals surface area contributed by atoms with Crippen LogP contribution < -0.4 is 20.1 Å². The maximum atomic E-state index is 13.1. The number of nitrogens with zero attached hydrogens (tertiary/aromatic N) is 3. The Morgan fingerprint density at radius 2 is 1.64 bits per heavy atom. The molecule has 214 valence electrons. The number of esters is 2. The summed E-state index contributed by atoms with van der Waals surface area (Å²) in [7, 11) is -2.20. The fraction of sp³-hybridized carbons (Fsp3) is 0.107. The van der Waals surface area contributed by atoms with Crippen molar-refractivity contribution in [3.8, 4) is 6.07 Å². The molecule has 13 nitrogen and oxygen atoms in total. The predicted molar refractivity (Wildman–Crippen MR) is 146 cm³/mol. The molecule has 2 heterocycles. The molecule has 1 atom stereocenters. The summed E-state index contributed by atoms with van der Waals surface area (Å²) in [6, 6.07) is 17.8. The number of sulfonamides is 1. The molecule has 14 heteroatoms. The van der Waals surface area contributed by atoms with Crippen LogP contribution in [0.25, 0.3) is 0 Å². The SMILES string of the molecule is COC(=O)C1=C(C(=O)OC)N(c2ccc(S(=O)(=O)NC(=O)c3ccc[n+]([O-])c3)cc2)C(N)=C(C#N)C1c1ccccc1. The second-order valence-corrected chi connectivity index (χ2v) is 10.4. The minimum absolute atomic E-state index is 0.0725. The first-order valence-corrected chi connectivity index (χ1v) is 13.5. The summed E-state index contributed by atoms with van der Waals surface area (Å²) in [6.07, 6.45) is 2.04. The number of anilines is 1. The van der Waals surface area contributed by atoms with Crippen molar-refractivity contribution in [2.75, 3.05) is 19.1 Å². The number of aromatic nitrogens is 1. The van der Waals surface area contributed by atoms with Gasteiger partial charge in [0.25, 0.3) is 15.9 Å². The highest BCUT2D eigenvalue weighted by Crippen LogP contribution is 2.43. The number of hydrogen-bond donors (Lipinski definition) is 2. The molecule has 1 aliphatic heterocycles. The van der Waals surface area contributed by atoms with E-state index in [2.05, 4.69) is 0 Å². The highest BCUT2D eigenvalue weighted by Gasteiger charge is 2.43. The monoisotopic (exact) mass is 589 g/mol. The summed E-state index contributed by atoms with van der Waals surface area (Å²) in [5.74, 6) is -4.21. The number of carbonyl (C=O) groups excluding carboxylic acids is 3. The van der Waals surface area contributed by atoms with Gasteiger partial charge in [0.15, 0.2) is 12.4 Å². The third-order valence-electron chi connectivity index (χ3n) is 6.28. The van der Waals surface area contributed by atoms with Gasteiger partial charge in [-0.2, -0.15) is 9.99 Å². The zero-order valence-corrected chi connectivity index (χ0v) is 23.0. The van der Waals surface area contributed by atoms with Gasteiger partial charge in [-0.15, -0.1) is 0 Å². The van der Waals surface area contributed by atoms with Crippen LogP contribution >= 0.6 is 0 Å². The lowest BCUT2D eigenvalue weighted by Crippen LogP contribution is -2.40. The van der Waals surface area contributed by atoms with Gasteiger partial charge in [-0.1, -0.05) is 30.3 Å². The summed E-state index contributed by atoms with van der Waals surface area (Å²) in [5, 5.41) is 21.6. The molecule has 1 amide bonds. The Hall–Kier alpha value is -5.68. The molecular weight excluding hydrogens is 566 g/mol. The fourth-order valence-electron chi connectivity index (χ4n) is 4.38. The second-order valence-electron chi connectivity index (χ2n) is 8.72. The lowest BCUT2D eigenvalue weighted by Gasteiger charge is -2.35. The Kier molecular flexibility index (Phi) is 8.25. The van der Waals surface area contributed by atoms with E-state index in [-0.39, 0.29) is 38.8 Å². The van der Waals surface area contributed by atoms with Gasteiger partial charge in [0.1, 0.15) is 17.1 Å². The molecule has 1 unspecified atom stereocenters. The topological polar surface area (TPSA) is 196 Å². The number of ether oxygens (including phenoxy) is 2. The lowest BCUT2D eigenvalue weighted by molar-refractivity contribution is -0.605. The highest BCUT2D eigenvalue weighted by molar-refractivity contribution is 7.90. The molecule has 0 spiro atoms. The number of carbonyl (C=O) groups is 3. The van der Waals surface area contributed by atoms with E-state index >= 15 is 0 Å². The van der Waals surface area contributed by atoms with Crippen LogP contribution in [0, 0.1) is 16.5 Å². The molecule has 2 aromatic carbocycles. The van der Waals surface area contributed by atoms with Crippen molar-refractivity contribution in [1.29, 1.82) is 5.26 Å². The van der Waals surface area contributed by atoms with Gasteiger partial charge in [-0.25, -0.2) is 22.7 Å². The first-order chi connectivity index (χ1) is 20.0. The number of amides is 1. The number of rotatable bonds is 7. The molecule has 4 rings (SSSR count). The normalized spacial score (nSPS) is 15.1. The smallest absolute Gasteiger partial charge is 0.355 e. The number of allylic oxidation sites excluding steroid dienone is 1. The van der Waals surface area contributed by atoms with Crippen LogP contribution in [0.15, 0.2) is 107 Å². The van der Waals surface area contributed by atoms with Crippen molar-refractivity contribution in [3.63, 3.8) is 0 Å². The molecule has 0 saturated carbocycles. The van der Waals surface area contributed by atoms with Crippen LogP contribution in [0.4, 0.5) is 5.69 Å². The number of hydrogen-bond acceptors (Lipinski definition) is 11. The molecule has 0 fully saturated rings. The van der Waals surface area contributed by atoms with Gasteiger partial charge in [-0.3, -0.25) is 9.69 Å². The summed E-state index contributed by atoms with van der Waals surface area (Å²) >= 11 is 0. The highest BCUT2D eigenvalue weighted by atomic mass is 32.2. The Balaban J connectivity index is 1.82. The van der Waals surface area contributed by atoms with Gasteiger partial charge < -0.3 is 20.4 Å². The maximum absolute atomic E-state index is 13.1. The van der Waals surface area contributed by atoms with Crippen molar-refractivity contribution in [1.82, 2.24) is 4.72 Å². The number of pyridine rings is 1. The quantitative estimate of drug-likeness (QED) is 0.229. The number of benzene rings is 2. The van der Waals surface area contributed by atoms with Crippen molar-refractivity contribution in [2.45, 2.75) is 10.8 Å². The van der Waals surface area contributed by atoms with Crippen LogP contribution in [0.5, 0.6) is 0 Å². The molecule has 0 radical (unpaired) electrons. The third-order valence-corrected chi connectivity index (χ3v) is 7.63. The number of nitriles is 1. The van der Waals surface area contributed by atoms with E-state index in [0.29, 0.717) is 10.3 Å². The van der Waals surface area contributed by atoms with E-state index in [1.807, 2.05) is 10.8 Å². The van der Waals surface area contributed by atoms with Crippen molar-refractivity contribution in [2.24, 2.45) is 5.73 Å². The predicted octanol–water partition coefficient (Wildman–Crippen LogP) is 1.34. The van der Waals surface area contributed by atoms with E-state index in [1.54, 1.807) is 30.3 Å². The molecule has 1 aromatic heterocycles. The maximum Gasteiger partial charge on any atom is 0.355 e. The first-order valence-electron chi connectivity index (χ1n) is 12.1. The van der Waals surface area contributed by atoms with Crippen LogP contribution in [0.1, 0.15) is 21.8 Å². The standard InChI is InChI=1S/C28H23N5O8S/c1-40-27(35)23-22(17-7-4-3-5-8-17)21(15-29)25(30)33(24(23)28(36)41-2)19-10-12-20(13-11-19)42(38,39)31-26(34)18-9-6-14-32(37)16-18/h3-14,16,22H,30H2,1-2H3,(H,31,34). The summed E-state index contributed by atoms with van der Waals surface area (Å²) in [4.78, 5) is 39.5. The second kappa shape index (κ2) is 11.8. The van der Waals surface area contributed by atoms with Crippen LogP contribution in [-0.2, 0) is 29.1 Å². The van der Waals surface area contributed by atoms with E-state index in [1.165, 1.54) is 24.3 Å². The van der Waals surface area contributed by atoms with E-state index in [0.717, 1.165) is 43.6 Å². The average molecular weight is 590 g/mol. The summed E-state index contributed by atoms with van der Waals surface area (Å²) in [6.45, 7) is 0. The molecule has 3 N–H and O–H groups in total. The number of methoxy groups -OCH3 is 2. The Morgan fingerprint density at radius 1 is 1.00 bits per heavy atom. The Bertz CT molecular complexity index is 1780. The molecule has 0 aliphatic carbocycles. The summed E-state index contributed by atoms with van der Waals surface area (Å²) < 4.78 is 38.0. The largest absolute Gasteiger partial charge is 0.619 e. The lowest BCUT2D eigenvalue weighted by atomic mass is 9.81. The molecule has 3 aromatic rings. The van der Waals surface area contributed by atoms with Crippen molar-refractivity contribution in [3.05, 3.63) is 118 Å². The van der Waals surface area contributed by atoms with Crippen molar-refractivity contribution < 1.29 is 37.0 Å². The Morgan fingerprint density at radius 3 is 2.21 bits per heavy atom. The van der Waals surface area contributed by atoms with Crippen molar-refractivity contribution >= 4 is 33.6 Å². The molecule has 42 heavy (non-hydrogen) atoms. The number of nitrogens with two attached hydrogens (primary N) is 1. The third kappa shape index (κ3) is 5.49. The van der Waals surface area contributed by atoms with Crippen LogP contribution in [-0.4, -0.2) is 40.5 Å². The van der Waals surface area contributed by atoms with Gasteiger partial charge in [-0.05, 0) is 35.9 Å². The summed E-state index contributed by atoms with van der Waals surface area (Å²) in [5.41, 5.74) is 6.20. The molecule has 1 aliphatic rings. The first kappa shape index (κ1) is 29.3. The van der Waals surface area contributed by atoms with E-state index < -0.39 is 33.8 Å². The zero-order chi connectivity index (χ0) is 30.6. The minimum Gasteiger partial charge on any atom is -0.619 e. The van der Waals surface area contributed by atoms with Gasteiger partial charge in [0.2, 0.25) is 0 Å². The number of nitrogens with one attached hydrogen (secondary N) is 1.